The quantitative estimate of drug-likeness (QED) is 0.239. The highest BCUT2D eigenvalue weighted by molar-refractivity contribution is 7.99. The number of aryl methyl sites for hydroxylation is 2. The highest BCUT2D eigenvalue weighted by Crippen LogP contribution is 2.59. The molecule has 1 saturated heterocycles. The van der Waals surface area contributed by atoms with Crippen molar-refractivity contribution in [1.82, 2.24) is 24.6 Å². The van der Waals surface area contributed by atoms with E-state index in [2.05, 4.69) is 20.1 Å². The van der Waals surface area contributed by atoms with Crippen molar-refractivity contribution in [2.24, 2.45) is 13.0 Å². The van der Waals surface area contributed by atoms with Gasteiger partial charge in [-0.2, -0.15) is 13.2 Å². The number of halogens is 4. The maximum absolute atomic E-state index is 14.6. The summed E-state index contributed by atoms with van der Waals surface area (Å²) in [5.41, 5.74) is 0.134. The summed E-state index contributed by atoms with van der Waals surface area (Å²) < 4.78 is 55.2. The molecule has 5 nitrogen and oxygen atoms in total. The normalized spacial score (nSPS) is 22.4. The molecule has 11 heteroatoms. The molecule has 0 spiro atoms. The van der Waals surface area contributed by atoms with Crippen LogP contribution in [0.5, 0.6) is 0 Å². The molecular formula is C23H25F4N5S2. The Bertz CT molecular complexity index is 1220. The maximum atomic E-state index is 14.6. The summed E-state index contributed by atoms with van der Waals surface area (Å²) in [6, 6.07) is 2.99. The molecule has 0 bridgehead atoms. The van der Waals surface area contributed by atoms with E-state index in [1.54, 1.807) is 23.1 Å². The van der Waals surface area contributed by atoms with Gasteiger partial charge >= 0.3 is 6.18 Å². The smallest absolute Gasteiger partial charge is 0.304 e. The molecule has 34 heavy (non-hydrogen) atoms. The van der Waals surface area contributed by atoms with Gasteiger partial charge in [0.25, 0.3) is 0 Å². The molecule has 2 unspecified atom stereocenters. The van der Waals surface area contributed by atoms with Crippen LogP contribution in [0.1, 0.15) is 34.7 Å². The molecule has 3 heterocycles. The van der Waals surface area contributed by atoms with Gasteiger partial charge in [0.15, 0.2) is 11.0 Å². The molecule has 2 fully saturated rings. The average Bonchev–Trinajstić information content (AvgIpc) is 3.00. The van der Waals surface area contributed by atoms with E-state index in [1.165, 1.54) is 6.07 Å². The minimum atomic E-state index is -4.53. The van der Waals surface area contributed by atoms with Gasteiger partial charge in [-0.1, -0.05) is 17.8 Å². The Morgan fingerprint density at radius 1 is 1.24 bits per heavy atom. The van der Waals surface area contributed by atoms with E-state index in [4.69, 9.17) is 0 Å². The maximum Gasteiger partial charge on any atom is 0.416 e. The summed E-state index contributed by atoms with van der Waals surface area (Å²) in [7, 11) is 1.96. The van der Waals surface area contributed by atoms with E-state index in [9.17, 15) is 17.6 Å². The van der Waals surface area contributed by atoms with Crippen molar-refractivity contribution < 1.29 is 17.6 Å². The lowest BCUT2D eigenvalue weighted by Crippen LogP contribution is -2.28. The number of fused-ring (bicyclic) bond motifs is 1. The van der Waals surface area contributed by atoms with Crippen LogP contribution in [0.25, 0.3) is 10.7 Å². The zero-order valence-corrected chi connectivity index (χ0v) is 20.7. The minimum Gasteiger partial charge on any atom is -0.304 e. The van der Waals surface area contributed by atoms with Gasteiger partial charge in [0.05, 0.1) is 21.1 Å². The number of likely N-dealkylation sites (tertiary alicyclic amines) is 1. The molecule has 1 aliphatic carbocycles. The first-order valence-corrected chi connectivity index (χ1v) is 12.9. The molecule has 1 saturated carbocycles. The van der Waals surface area contributed by atoms with Gasteiger partial charge < -0.3 is 9.47 Å². The predicted molar refractivity (Wildman–Crippen MR) is 125 cm³/mol. The van der Waals surface area contributed by atoms with E-state index in [1.807, 2.05) is 25.5 Å². The Balaban J connectivity index is 1.15. The third-order valence-electron chi connectivity index (χ3n) is 6.84. The summed E-state index contributed by atoms with van der Waals surface area (Å²) >= 11 is 3.27. The number of nitrogens with zero attached hydrogens (tertiary/aromatic N) is 5. The Labute approximate surface area is 203 Å². The van der Waals surface area contributed by atoms with Crippen LogP contribution in [0.15, 0.2) is 23.4 Å². The average molecular weight is 512 g/mol. The number of piperidine rings is 1. The van der Waals surface area contributed by atoms with Gasteiger partial charge in [-0.3, -0.25) is 0 Å². The number of aromatic nitrogens is 4. The van der Waals surface area contributed by atoms with E-state index < -0.39 is 17.6 Å². The van der Waals surface area contributed by atoms with Gasteiger partial charge in [0, 0.05) is 31.3 Å². The van der Waals surface area contributed by atoms with Crippen LogP contribution in [0.3, 0.4) is 0 Å². The van der Waals surface area contributed by atoms with E-state index in [0.29, 0.717) is 24.1 Å². The lowest BCUT2D eigenvalue weighted by atomic mass is 9.93. The van der Waals surface area contributed by atoms with Crippen molar-refractivity contribution >= 4 is 23.1 Å². The molecule has 5 rings (SSSR count). The molecule has 3 aromatic rings. The third-order valence-corrected chi connectivity index (χ3v) is 9.02. The zero-order chi connectivity index (χ0) is 24.3. The second-order valence-electron chi connectivity index (χ2n) is 9.20. The fraction of sp³-hybridized carbons (Fsp3) is 0.522. The Hall–Kier alpha value is -1.98. The molecule has 0 N–H and O–H groups in total. The summed E-state index contributed by atoms with van der Waals surface area (Å²) in [6.45, 7) is 6.38. The van der Waals surface area contributed by atoms with Crippen molar-refractivity contribution in [2.75, 3.05) is 25.4 Å². The molecule has 2 atom stereocenters. The number of rotatable bonds is 7. The molecule has 182 valence electrons. The Kier molecular flexibility index (Phi) is 6.01. The lowest BCUT2D eigenvalue weighted by Gasteiger charge is -2.21. The molecule has 0 radical (unpaired) electrons. The first-order valence-electron chi connectivity index (χ1n) is 11.1. The van der Waals surface area contributed by atoms with Crippen molar-refractivity contribution in [2.45, 2.75) is 43.4 Å². The van der Waals surface area contributed by atoms with Crippen LogP contribution in [0, 0.1) is 25.6 Å². The van der Waals surface area contributed by atoms with Gasteiger partial charge in [-0.05, 0) is 56.8 Å². The van der Waals surface area contributed by atoms with Gasteiger partial charge in [0.2, 0.25) is 0 Å². The fourth-order valence-electron chi connectivity index (χ4n) is 5.10. The second-order valence-corrected chi connectivity index (χ2v) is 11.5. The summed E-state index contributed by atoms with van der Waals surface area (Å²) in [4.78, 5) is 7.81. The topological polar surface area (TPSA) is 46.8 Å². The first kappa shape index (κ1) is 23.7. The minimum absolute atomic E-state index is 0.318. The monoisotopic (exact) mass is 511 g/mol. The number of alkyl halides is 3. The molecule has 1 aliphatic heterocycles. The van der Waals surface area contributed by atoms with Gasteiger partial charge in [-0.25, -0.2) is 9.37 Å². The number of thioether (sulfide) groups is 1. The summed E-state index contributed by atoms with van der Waals surface area (Å²) in [6.07, 6.45) is -2.75. The van der Waals surface area contributed by atoms with Crippen LogP contribution >= 0.6 is 23.1 Å². The van der Waals surface area contributed by atoms with Crippen molar-refractivity contribution in [3.63, 3.8) is 0 Å². The predicted octanol–water partition coefficient (Wildman–Crippen LogP) is 5.47. The van der Waals surface area contributed by atoms with E-state index >= 15 is 0 Å². The fourth-order valence-corrected chi connectivity index (χ4v) is 6.87. The summed E-state index contributed by atoms with van der Waals surface area (Å²) in [5, 5.41) is 10.5. The Morgan fingerprint density at radius 2 is 2.03 bits per heavy atom. The van der Waals surface area contributed by atoms with Crippen LogP contribution in [0.4, 0.5) is 17.6 Å². The van der Waals surface area contributed by atoms with Gasteiger partial charge in [0.1, 0.15) is 5.82 Å². The standard InChI is InChI=1S/C23H25F4N5S2/c1-13-19(34-14(2)28-13)20-29-30-21(31(20)3)33-8-4-7-32-11-16-10-22(16,12-32)17-6-5-15(9-18(17)24)23(25,26)27/h5-6,9,16H,4,7-8,10-12H2,1-3H3. The number of benzene rings is 1. The molecule has 2 aromatic heterocycles. The number of hydrogen-bond acceptors (Lipinski definition) is 6. The first-order chi connectivity index (χ1) is 16.1. The second kappa shape index (κ2) is 8.60. The SMILES string of the molecule is Cc1nc(C)c(-c2nnc(SCCCN3CC4CC4(c4ccc(C(F)(F)F)cc4F)C3)n2C)s1. The van der Waals surface area contributed by atoms with Crippen LogP contribution in [-0.2, 0) is 18.6 Å². The molecular weight excluding hydrogens is 486 g/mol. The van der Waals surface area contributed by atoms with Crippen LogP contribution in [0.2, 0.25) is 0 Å². The largest absolute Gasteiger partial charge is 0.416 e. The van der Waals surface area contributed by atoms with Crippen LogP contribution < -0.4 is 0 Å². The number of thiazole rings is 1. The van der Waals surface area contributed by atoms with E-state index in [0.717, 1.165) is 64.3 Å². The van der Waals surface area contributed by atoms with Crippen molar-refractivity contribution in [1.29, 1.82) is 0 Å². The number of hydrogen-bond donors (Lipinski definition) is 0. The van der Waals surface area contributed by atoms with E-state index in [-0.39, 0.29) is 5.41 Å². The molecule has 0 amide bonds. The van der Waals surface area contributed by atoms with Crippen molar-refractivity contribution in [3.05, 3.63) is 45.8 Å². The third kappa shape index (κ3) is 4.26. The van der Waals surface area contributed by atoms with Crippen molar-refractivity contribution in [3.8, 4) is 10.7 Å². The molecule has 1 aromatic carbocycles. The lowest BCUT2D eigenvalue weighted by molar-refractivity contribution is -0.137. The Morgan fingerprint density at radius 3 is 2.71 bits per heavy atom. The highest BCUT2D eigenvalue weighted by atomic mass is 32.2. The zero-order valence-electron chi connectivity index (χ0n) is 19.1. The highest BCUT2D eigenvalue weighted by Gasteiger charge is 2.61. The summed E-state index contributed by atoms with van der Waals surface area (Å²) in [5.74, 6) is 1.28. The van der Waals surface area contributed by atoms with Crippen LogP contribution in [-0.4, -0.2) is 50.0 Å². The van der Waals surface area contributed by atoms with Gasteiger partial charge in [-0.15, -0.1) is 21.5 Å². The molecule has 2 aliphatic rings.